The second-order valence-electron chi connectivity index (χ2n) is 3.81. The van der Waals surface area contributed by atoms with Crippen LogP contribution in [0.15, 0.2) is 17.0 Å². The van der Waals surface area contributed by atoms with E-state index in [9.17, 15) is 4.79 Å². The molecule has 2 N–H and O–H groups in total. The van der Waals surface area contributed by atoms with E-state index < -0.39 is 5.97 Å². The summed E-state index contributed by atoms with van der Waals surface area (Å²) < 4.78 is 11.0. The lowest BCUT2D eigenvalue weighted by Gasteiger charge is -2.20. The van der Waals surface area contributed by atoms with E-state index in [2.05, 4.69) is 5.32 Å². The van der Waals surface area contributed by atoms with Crippen LogP contribution in [-0.4, -0.2) is 37.1 Å². The van der Waals surface area contributed by atoms with Gasteiger partial charge in [0.15, 0.2) is 11.5 Å². The molecular formula is C12H15NO4S. The van der Waals surface area contributed by atoms with Gasteiger partial charge in [0.05, 0.1) is 6.54 Å². The number of benzene rings is 1. The molecule has 0 saturated heterocycles. The van der Waals surface area contributed by atoms with Crippen LogP contribution < -0.4 is 14.8 Å². The first-order valence-corrected chi connectivity index (χ1v) is 6.82. The fraction of sp³-hybridized carbons (Fsp3) is 0.417. The molecule has 0 aliphatic carbocycles. The van der Waals surface area contributed by atoms with E-state index in [0.717, 1.165) is 22.0 Å². The van der Waals surface area contributed by atoms with Crippen LogP contribution in [0.3, 0.4) is 0 Å². The summed E-state index contributed by atoms with van der Waals surface area (Å²) >= 11 is 1.60. The van der Waals surface area contributed by atoms with Crippen molar-refractivity contribution in [3.05, 3.63) is 17.7 Å². The maximum absolute atomic E-state index is 10.5. The Kier molecular flexibility index (Phi) is 4.33. The molecule has 1 aliphatic heterocycles. The molecule has 0 radical (unpaired) electrons. The lowest BCUT2D eigenvalue weighted by molar-refractivity contribution is -0.135. The van der Waals surface area contributed by atoms with Gasteiger partial charge in [0.2, 0.25) is 0 Å². The summed E-state index contributed by atoms with van der Waals surface area (Å²) in [5.41, 5.74) is 1.02. The maximum Gasteiger partial charge on any atom is 0.317 e. The minimum atomic E-state index is -0.863. The van der Waals surface area contributed by atoms with Crippen molar-refractivity contribution in [2.75, 3.05) is 26.0 Å². The highest BCUT2D eigenvalue weighted by atomic mass is 32.2. The summed E-state index contributed by atoms with van der Waals surface area (Å²) in [5.74, 6) is 0.622. The minimum Gasteiger partial charge on any atom is -0.486 e. The lowest BCUT2D eigenvalue weighted by atomic mass is 10.2. The van der Waals surface area contributed by atoms with Gasteiger partial charge in [-0.2, -0.15) is 0 Å². The van der Waals surface area contributed by atoms with Crippen molar-refractivity contribution < 1.29 is 19.4 Å². The second-order valence-corrected chi connectivity index (χ2v) is 4.65. The molecule has 5 nitrogen and oxygen atoms in total. The average Bonchev–Trinajstić information content (AvgIpc) is 2.37. The fourth-order valence-corrected chi connectivity index (χ4v) is 2.36. The number of rotatable bonds is 5. The van der Waals surface area contributed by atoms with Gasteiger partial charge in [0, 0.05) is 11.4 Å². The zero-order valence-electron chi connectivity index (χ0n) is 10.1. The zero-order valence-corrected chi connectivity index (χ0v) is 10.9. The molecule has 2 rings (SSSR count). The SMILES string of the molecule is CSc1cc2c(cc1CNCC(=O)O)OCCO2. The van der Waals surface area contributed by atoms with E-state index in [1.54, 1.807) is 11.8 Å². The number of carboxylic acids is 1. The van der Waals surface area contributed by atoms with Crippen molar-refractivity contribution in [1.82, 2.24) is 5.32 Å². The quantitative estimate of drug-likeness (QED) is 0.787. The van der Waals surface area contributed by atoms with Crippen LogP contribution in [0, 0.1) is 0 Å². The average molecular weight is 269 g/mol. The Bertz CT molecular complexity index is 450. The summed E-state index contributed by atoms with van der Waals surface area (Å²) in [5, 5.41) is 11.5. The smallest absolute Gasteiger partial charge is 0.317 e. The van der Waals surface area contributed by atoms with Crippen molar-refractivity contribution in [3.8, 4) is 11.5 Å². The number of aliphatic carboxylic acids is 1. The number of carboxylic acid groups (broad SMARTS) is 1. The van der Waals surface area contributed by atoms with Crippen LogP contribution in [-0.2, 0) is 11.3 Å². The highest BCUT2D eigenvalue weighted by molar-refractivity contribution is 7.98. The maximum atomic E-state index is 10.5. The third kappa shape index (κ3) is 3.08. The Morgan fingerprint density at radius 2 is 2.06 bits per heavy atom. The zero-order chi connectivity index (χ0) is 13.0. The highest BCUT2D eigenvalue weighted by Crippen LogP contribution is 2.36. The molecular weight excluding hydrogens is 254 g/mol. The largest absolute Gasteiger partial charge is 0.486 e. The molecule has 0 fully saturated rings. The Balaban J connectivity index is 2.14. The van der Waals surface area contributed by atoms with Crippen LogP contribution in [0.25, 0.3) is 0 Å². The number of ether oxygens (including phenoxy) is 2. The van der Waals surface area contributed by atoms with Crippen LogP contribution in [0.1, 0.15) is 5.56 Å². The molecule has 98 valence electrons. The summed E-state index contributed by atoms with van der Waals surface area (Å²) in [6.07, 6.45) is 1.98. The van der Waals surface area contributed by atoms with Gasteiger partial charge < -0.3 is 19.9 Å². The van der Waals surface area contributed by atoms with Gasteiger partial charge in [-0.1, -0.05) is 0 Å². The predicted molar refractivity (Wildman–Crippen MR) is 68.6 cm³/mol. The van der Waals surface area contributed by atoms with Gasteiger partial charge in [-0.15, -0.1) is 11.8 Å². The van der Waals surface area contributed by atoms with E-state index in [1.165, 1.54) is 0 Å². The number of carbonyl (C=O) groups is 1. The fourth-order valence-electron chi connectivity index (χ4n) is 1.74. The van der Waals surface area contributed by atoms with Gasteiger partial charge in [0.25, 0.3) is 0 Å². The molecule has 1 aromatic rings. The van der Waals surface area contributed by atoms with E-state index in [0.29, 0.717) is 19.8 Å². The monoisotopic (exact) mass is 269 g/mol. The number of nitrogens with one attached hydrogen (secondary N) is 1. The molecule has 1 heterocycles. The van der Waals surface area contributed by atoms with Gasteiger partial charge in [0.1, 0.15) is 13.2 Å². The summed E-state index contributed by atoms with van der Waals surface area (Å²) in [7, 11) is 0. The number of hydrogen-bond acceptors (Lipinski definition) is 5. The Hall–Kier alpha value is -1.40. The topological polar surface area (TPSA) is 67.8 Å². The third-order valence-corrected chi connectivity index (χ3v) is 3.36. The summed E-state index contributed by atoms with van der Waals surface area (Å²) in [6.45, 7) is 1.56. The van der Waals surface area contributed by atoms with Crippen LogP contribution >= 0.6 is 11.8 Å². The molecule has 0 unspecified atom stereocenters. The van der Waals surface area contributed by atoms with Crippen molar-refractivity contribution >= 4 is 17.7 Å². The van der Waals surface area contributed by atoms with Crippen LogP contribution in [0.5, 0.6) is 11.5 Å². The van der Waals surface area contributed by atoms with Gasteiger partial charge in [-0.25, -0.2) is 0 Å². The molecule has 1 aromatic carbocycles. The Labute approximate surface area is 109 Å². The van der Waals surface area contributed by atoms with E-state index in [4.69, 9.17) is 14.6 Å². The third-order valence-electron chi connectivity index (χ3n) is 2.54. The van der Waals surface area contributed by atoms with Gasteiger partial charge in [-0.05, 0) is 24.0 Å². The molecule has 0 spiro atoms. The summed E-state index contributed by atoms with van der Waals surface area (Å²) in [4.78, 5) is 11.5. The van der Waals surface area contributed by atoms with Crippen molar-refractivity contribution in [3.63, 3.8) is 0 Å². The predicted octanol–water partition coefficient (Wildman–Crippen LogP) is 1.35. The molecule has 6 heteroatoms. The summed E-state index contributed by atoms with van der Waals surface area (Å²) in [6, 6.07) is 3.85. The van der Waals surface area contributed by atoms with Crippen LogP contribution in [0.4, 0.5) is 0 Å². The Morgan fingerprint density at radius 3 is 2.67 bits per heavy atom. The molecule has 1 aliphatic rings. The first-order valence-electron chi connectivity index (χ1n) is 5.59. The van der Waals surface area contributed by atoms with Crippen molar-refractivity contribution in [2.45, 2.75) is 11.4 Å². The second kappa shape index (κ2) is 5.97. The Morgan fingerprint density at radius 1 is 1.39 bits per heavy atom. The number of thioether (sulfide) groups is 1. The van der Waals surface area contributed by atoms with E-state index in [1.807, 2.05) is 18.4 Å². The molecule has 0 amide bonds. The minimum absolute atomic E-state index is 0.0533. The van der Waals surface area contributed by atoms with Crippen molar-refractivity contribution in [1.29, 1.82) is 0 Å². The normalized spacial score (nSPS) is 13.4. The number of fused-ring (bicyclic) bond motifs is 1. The molecule has 0 aromatic heterocycles. The lowest BCUT2D eigenvalue weighted by Crippen LogP contribution is -2.22. The van der Waals surface area contributed by atoms with E-state index >= 15 is 0 Å². The van der Waals surface area contributed by atoms with Gasteiger partial charge >= 0.3 is 5.97 Å². The highest BCUT2D eigenvalue weighted by Gasteiger charge is 2.15. The molecule has 18 heavy (non-hydrogen) atoms. The number of hydrogen-bond donors (Lipinski definition) is 2. The molecule has 0 saturated carbocycles. The van der Waals surface area contributed by atoms with Crippen molar-refractivity contribution in [2.24, 2.45) is 0 Å². The molecule has 0 atom stereocenters. The standard InChI is InChI=1S/C12H15NO4S/c1-18-11-5-10-9(16-2-3-17-10)4-8(11)6-13-7-12(14)15/h4-5,13H,2-3,6-7H2,1H3,(H,14,15). The van der Waals surface area contributed by atoms with Crippen LogP contribution in [0.2, 0.25) is 0 Å². The van der Waals surface area contributed by atoms with Gasteiger partial charge in [-0.3, -0.25) is 4.79 Å². The first kappa shape index (κ1) is 13.0. The molecule has 0 bridgehead atoms. The van der Waals surface area contributed by atoms with E-state index in [-0.39, 0.29) is 6.54 Å². The first-order chi connectivity index (χ1) is 8.70.